The molecule has 0 aliphatic carbocycles. The lowest BCUT2D eigenvalue weighted by molar-refractivity contribution is -0.384. The van der Waals surface area contributed by atoms with E-state index >= 15 is 0 Å². The lowest BCUT2D eigenvalue weighted by Crippen LogP contribution is -2.38. The van der Waals surface area contributed by atoms with Crippen molar-refractivity contribution in [3.63, 3.8) is 0 Å². The zero-order chi connectivity index (χ0) is 18.2. The van der Waals surface area contributed by atoms with Crippen LogP contribution in [0.5, 0.6) is 11.5 Å². The number of non-ortho nitro benzene ring substituents is 1. The summed E-state index contributed by atoms with van der Waals surface area (Å²) in [5.74, 6) is 0.399. The van der Waals surface area contributed by atoms with Crippen molar-refractivity contribution in [3.05, 3.63) is 64.2 Å². The largest absolute Gasteiger partial charge is 0.457 e. The first-order valence-corrected chi connectivity index (χ1v) is 8.04. The Morgan fingerprint density at radius 3 is 2.54 bits per heavy atom. The van der Waals surface area contributed by atoms with Crippen LogP contribution >= 0.6 is 12.4 Å². The number of nitrogens with one attached hydrogen (secondary N) is 2. The zero-order valence-electron chi connectivity index (χ0n) is 14.6. The Balaban J connectivity index is 0.00000338. The highest BCUT2D eigenvalue weighted by Crippen LogP contribution is 2.28. The van der Waals surface area contributed by atoms with Crippen LogP contribution < -0.4 is 15.4 Å². The zero-order valence-corrected chi connectivity index (χ0v) is 15.4. The standard InChI is InChI=1S/C18H21N3O4.ClH/c1-3-19-13(2)12-20-18(22)16-11-14(21(23)24)9-10-17(16)25-15-7-5-4-6-8-15;/h4-11,13,19H,3,12H2,1-2H3,(H,20,22);1H/t13-;/m1./s1. The van der Waals surface area contributed by atoms with Gasteiger partial charge in [0.05, 0.1) is 10.5 Å². The molecule has 0 fully saturated rings. The first-order chi connectivity index (χ1) is 12.0. The molecule has 0 unspecified atom stereocenters. The molecule has 0 radical (unpaired) electrons. The number of carbonyl (C=O) groups excluding carboxylic acids is 1. The second kappa shape index (κ2) is 10.4. The monoisotopic (exact) mass is 379 g/mol. The summed E-state index contributed by atoms with van der Waals surface area (Å²) in [6.07, 6.45) is 0. The van der Waals surface area contributed by atoms with Crippen LogP contribution in [0.25, 0.3) is 0 Å². The van der Waals surface area contributed by atoms with Gasteiger partial charge in [0.1, 0.15) is 11.5 Å². The molecule has 0 bridgehead atoms. The van der Waals surface area contributed by atoms with Crippen LogP contribution in [-0.2, 0) is 0 Å². The second-order valence-electron chi connectivity index (χ2n) is 5.52. The number of carbonyl (C=O) groups is 1. The number of amides is 1. The average Bonchev–Trinajstić information content (AvgIpc) is 2.61. The van der Waals surface area contributed by atoms with Gasteiger partial charge in [-0.25, -0.2) is 0 Å². The molecule has 26 heavy (non-hydrogen) atoms. The molecule has 2 aromatic carbocycles. The van der Waals surface area contributed by atoms with Gasteiger partial charge in [-0.15, -0.1) is 12.4 Å². The first-order valence-electron chi connectivity index (χ1n) is 8.04. The van der Waals surface area contributed by atoms with Gasteiger partial charge in [0.2, 0.25) is 0 Å². The molecule has 2 rings (SSSR count). The lowest BCUT2D eigenvalue weighted by Gasteiger charge is -2.15. The Kier molecular flexibility index (Phi) is 8.54. The van der Waals surface area contributed by atoms with Gasteiger partial charge >= 0.3 is 0 Å². The van der Waals surface area contributed by atoms with Gasteiger partial charge in [-0.05, 0) is 31.7 Å². The highest BCUT2D eigenvalue weighted by atomic mass is 35.5. The molecule has 0 saturated heterocycles. The van der Waals surface area contributed by atoms with Gasteiger partial charge in [0.15, 0.2) is 0 Å². The van der Waals surface area contributed by atoms with E-state index in [1.165, 1.54) is 18.2 Å². The van der Waals surface area contributed by atoms with E-state index in [-0.39, 0.29) is 35.4 Å². The number of rotatable bonds is 8. The minimum Gasteiger partial charge on any atom is -0.457 e. The summed E-state index contributed by atoms with van der Waals surface area (Å²) in [7, 11) is 0. The first kappa shape index (κ1) is 21.4. The van der Waals surface area contributed by atoms with Crippen molar-refractivity contribution in [1.29, 1.82) is 0 Å². The maximum Gasteiger partial charge on any atom is 0.270 e. The van der Waals surface area contributed by atoms with Crippen molar-refractivity contribution in [3.8, 4) is 11.5 Å². The third-order valence-corrected chi connectivity index (χ3v) is 3.51. The highest BCUT2D eigenvalue weighted by molar-refractivity contribution is 5.97. The molecule has 2 aromatic rings. The maximum atomic E-state index is 12.5. The van der Waals surface area contributed by atoms with E-state index in [1.54, 1.807) is 24.3 Å². The van der Waals surface area contributed by atoms with Gasteiger partial charge < -0.3 is 15.4 Å². The van der Waals surface area contributed by atoms with Crippen LogP contribution in [0, 0.1) is 10.1 Å². The lowest BCUT2D eigenvalue weighted by atomic mass is 10.1. The molecule has 0 aliphatic rings. The minimum atomic E-state index is -0.537. The highest BCUT2D eigenvalue weighted by Gasteiger charge is 2.18. The Morgan fingerprint density at radius 2 is 1.92 bits per heavy atom. The van der Waals surface area contributed by atoms with Crippen LogP contribution in [0.2, 0.25) is 0 Å². The summed E-state index contributed by atoms with van der Waals surface area (Å²) in [6, 6.07) is 13.0. The number of halogens is 1. The maximum absolute atomic E-state index is 12.5. The third-order valence-electron chi connectivity index (χ3n) is 3.51. The van der Waals surface area contributed by atoms with Crippen molar-refractivity contribution in [1.82, 2.24) is 10.6 Å². The Bertz CT molecular complexity index is 740. The van der Waals surface area contributed by atoms with E-state index in [0.29, 0.717) is 12.3 Å². The van der Waals surface area contributed by atoms with Gasteiger partial charge in [-0.1, -0.05) is 25.1 Å². The van der Waals surface area contributed by atoms with Gasteiger partial charge in [-0.3, -0.25) is 14.9 Å². The average molecular weight is 380 g/mol. The number of hydrogen-bond acceptors (Lipinski definition) is 5. The number of nitrogens with zero attached hydrogens (tertiary/aromatic N) is 1. The summed E-state index contributed by atoms with van der Waals surface area (Å²) in [5.41, 5.74) is -0.0351. The predicted molar refractivity (Wildman–Crippen MR) is 102 cm³/mol. The van der Waals surface area contributed by atoms with Gasteiger partial charge in [0.25, 0.3) is 11.6 Å². The molecular formula is C18H22ClN3O4. The fourth-order valence-electron chi connectivity index (χ4n) is 2.28. The number of likely N-dealkylation sites (N-methyl/N-ethyl adjacent to an activating group) is 1. The summed E-state index contributed by atoms with van der Waals surface area (Å²) >= 11 is 0. The Hall–Kier alpha value is -2.64. The van der Waals surface area contributed by atoms with Crippen molar-refractivity contribution in [2.45, 2.75) is 19.9 Å². The topological polar surface area (TPSA) is 93.5 Å². The molecular weight excluding hydrogens is 358 g/mol. The molecule has 2 N–H and O–H groups in total. The number of ether oxygens (including phenoxy) is 1. The van der Waals surface area contributed by atoms with Crippen LogP contribution in [-0.4, -0.2) is 30.0 Å². The molecule has 7 nitrogen and oxygen atoms in total. The Labute approximate surface area is 158 Å². The van der Waals surface area contributed by atoms with Crippen LogP contribution in [0.1, 0.15) is 24.2 Å². The molecule has 0 heterocycles. The summed E-state index contributed by atoms with van der Waals surface area (Å²) in [5, 5.41) is 17.0. The Morgan fingerprint density at radius 1 is 1.23 bits per heavy atom. The predicted octanol–water partition coefficient (Wildman–Crippen LogP) is 3.54. The van der Waals surface area contributed by atoms with Crippen molar-refractivity contribution < 1.29 is 14.5 Å². The van der Waals surface area contributed by atoms with E-state index in [0.717, 1.165) is 6.54 Å². The fourth-order valence-corrected chi connectivity index (χ4v) is 2.28. The van der Waals surface area contributed by atoms with E-state index in [1.807, 2.05) is 19.9 Å². The molecule has 1 atom stereocenters. The van der Waals surface area contributed by atoms with E-state index in [9.17, 15) is 14.9 Å². The molecule has 0 aromatic heterocycles. The second-order valence-corrected chi connectivity index (χ2v) is 5.52. The van der Waals surface area contributed by atoms with E-state index < -0.39 is 10.8 Å². The van der Waals surface area contributed by atoms with Crippen LogP contribution in [0.15, 0.2) is 48.5 Å². The summed E-state index contributed by atoms with van der Waals surface area (Å²) in [4.78, 5) is 23.0. The molecule has 140 valence electrons. The summed E-state index contributed by atoms with van der Waals surface area (Å²) in [6.45, 7) is 5.11. The van der Waals surface area contributed by atoms with Crippen LogP contribution in [0.4, 0.5) is 5.69 Å². The van der Waals surface area contributed by atoms with Crippen molar-refractivity contribution in [2.75, 3.05) is 13.1 Å². The molecule has 8 heteroatoms. The molecule has 0 saturated carbocycles. The number of hydrogen-bond donors (Lipinski definition) is 2. The number of nitro benzene ring substituents is 1. The quantitative estimate of drug-likeness (QED) is 0.540. The van der Waals surface area contributed by atoms with Crippen molar-refractivity contribution >= 4 is 24.0 Å². The molecule has 1 amide bonds. The normalized spacial score (nSPS) is 11.2. The number of nitro groups is 1. The van der Waals surface area contributed by atoms with Gasteiger partial charge in [-0.2, -0.15) is 0 Å². The van der Waals surface area contributed by atoms with E-state index in [4.69, 9.17) is 4.74 Å². The molecule has 0 spiro atoms. The smallest absolute Gasteiger partial charge is 0.270 e. The number of para-hydroxylation sites is 1. The minimum absolute atomic E-state index is 0. The van der Waals surface area contributed by atoms with Crippen molar-refractivity contribution in [2.24, 2.45) is 0 Å². The van der Waals surface area contributed by atoms with Gasteiger partial charge in [0, 0.05) is 24.7 Å². The summed E-state index contributed by atoms with van der Waals surface area (Å²) < 4.78 is 5.72. The molecule has 0 aliphatic heterocycles. The fraction of sp³-hybridized carbons (Fsp3) is 0.278. The third kappa shape index (κ3) is 6.02. The SMILES string of the molecule is CCN[C@H](C)CNC(=O)c1cc([N+](=O)[O-])ccc1Oc1ccccc1.Cl. The number of benzene rings is 2. The van der Waals surface area contributed by atoms with Crippen LogP contribution in [0.3, 0.4) is 0 Å². The van der Waals surface area contributed by atoms with E-state index in [2.05, 4.69) is 10.6 Å².